The predicted molar refractivity (Wildman–Crippen MR) is 77.1 cm³/mol. The molecule has 0 bridgehead atoms. The first-order chi connectivity index (χ1) is 8.34. The first-order valence-corrected chi connectivity index (χ1v) is 7.04. The lowest BCUT2D eigenvalue weighted by molar-refractivity contribution is 0.228. The molecule has 1 aliphatic heterocycles. The summed E-state index contributed by atoms with van der Waals surface area (Å²) in [6, 6.07) is 8.22. The van der Waals surface area contributed by atoms with Crippen LogP contribution in [0.25, 0.3) is 0 Å². The maximum absolute atomic E-state index is 4.28. The molecular formula is C14H22N2S. The molecule has 0 unspecified atom stereocenters. The van der Waals surface area contributed by atoms with Gasteiger partial charge in [-0.15, -0.1) is 12.6 Å². The molecule has 0 atom stereocenters. The molecule has 17 heavy (non-hydrogen) atoms. The summed E-state index contributed by atoms with van der Waals surface area (Å²) in [4.78, 5) is 3.60. The van der Waals surface area contributed by atoms with Gasteiger partial charge in [0.05, 0.1) is 0 Å². The van der Waals surface area contributed by atoms with Gasteiger partial charge in [-0.25, -0.2) is 0 Å². The lowest BCUT2D eigenvalue weighted by atomic mass is 10.1. The zero-order chi connectivity index (χ0) is 11.9. The van der Waals surface area contributed by atoms with Gasteiger partial charge in [-0.2, -0.15) is 0 Å². The average molecular weight is 250 g/mol. The molecule has 1 heterocycles. The van der Waals surface area contributed by atoms with E-state index < -0.39 is 0 Å². The van der Waals surface area contributed by atoms with Crippen molar-refractivity contribution in [2.45, 2.75) is 30.6 Å². The second-order valence-corrected chi connectivity index (χ2v) is 5.25. The van der Waals surface area contributed by atoms with Gasteiger partial charge < -0.3 is 10.2 Å². The van der Waals surface area contributed by atoms with Crippen LogP contribution in [0.2, 0.25) is 0 Å². The predicted octanol–water partition coefficient (Wildman–Crippen LogP) is 3.26. The standard InChI is InChI=1S/C14H22N2S/c17-14-7-5-13(6-8-14)15-9-4-12-16-10-2-1-3-11-16/h5-8,15,17H,1-4,9-12H2. The van der Waals surface area contributed by atoms with E-state index in [0.29, 0.717) is 0 Å². The summed E-state index contributed by atoms with van der Waals surface area (Å²) in [6.07, 6.45) is 5.42. The van der Waals surface area contributed by atoms with Crippen molar-refractivity contribution in [3.05, 3.63) is 24.3 Å². The number of nitrogens with one attached hydrogen (secondary N) is 1. The average Bonchev–Trinajstić information content (AvgIpc) is 2.38. The fourth-order valence-corrected chi connectivity index (χ4v) is 2.45. The van der Waals surface area contributed by atoms with Crippen molar-refractivity contribution in [3.8, 4) is 0 Å². The largest absolute Gasteiger partial charge is 0.385 e. The van der Waals surface area contributed by atoms with Crippen molar-refractivity contribution < 1.29 is 0 Å². The van der Waals surface area contributed by atoms with Crippen molar-refractivity contribution >= 4 is 18.3 Å². The minimum Gasteiger partial charge on any atom is -0.385 e. The zero-order valence-corrected chi connectivity index (χ0v) is 11.3. The van der Waals surface area contributed by atoms with Gasteiger partial charge in [0.15, 0.2) is 0 Å². The number of piperidine rings is 1. The van der Waals surface area contributed by atoms with Crippen LogP contribution >= 0.6 is 12.6 Å². The molecule has 2 nitrogen and oxygen atoms in total. The molecule has 0 amide bonds. The fourth-order valence-electron chi connectivity index (χ4n) is 2.30. The molecule has 3 heteroatoms. The zero-order valence-electron chi connectivity index (χ0n) is 10.4. The molecule has 0 aliphatic carbocycles. The lowest BCUT2D eigenvalue weighted by Gasteiger charge is -2.26. The Hall–Kier alpha value is -0.670. The molecule has 1 N–H and O–H groups in total. The molecule has 0 radical (unpaired) electrons. The SMILES string of the molecule is Sc1ccc(NCCCN2CCCCC2)cc1. The van der Waals surface area contributed by atoms with Crippen LogP contribution in [0.3, 0.4) is 0 Å². The molecule has 1 saturated heterocycles. The number of likely N-dealkylation sites (tertiary alicyclic amines) is 1. The third kappa shape index (κ3) is 4.60. The minimum absolute atomic E-state index is 1.02. The summed E-state index contributed by atoms with van der Waals surface area (Å²) in [5, 5.41) is 3.45. The van der Waals surface area contributed by atoms with Gasteiger partial charge in [0.2, 0.25) is 0 Å². The number of thiol groups is 1. The molecule has 2 rings (SSSR count). The second kappa shape index (κ2) is 6.92. The van der Waals surface area contributed by atoms with Crippen molar-refractivity contribution in [2.24, 2.45) is 0 Å². The highest BCUT2D eigenvalue weighted by atomic mass is 32.1. The maximum Gasteiger partial charge on any atom is 0.0340 e. The lowest BCUT2D eigenvalue weighted by Crippen LogP contribution is -2.31. The van der Waals surface area contributed by atoms with Crippen molar-refractivity contribution in [1.82, 2.24) is 4.90 Å². The molecule has 0 spiro atoms. The Bertz CT molecular complexity index is 317. The van der Waals surface area contributed by atoms with Crippen LogP contribution in [-0.2, 0) is 0 Å². The highest BCUT2D eigenvalue weighted by Gasteiger charge is 2.08. The third-order valence-electron chi connectivity index (χ3n) is 3.30. The van der Waals surface area contributed by atoms with Gasteiger partial charge in [0, 0.05) is 17.1 Å². The molecule has 1 fully saturated rings. The molecule has 0 aromatic heterocycles. The second-order valence-electron chi connectivity index (χ2n) is 4.73. The Balaban J connectivity index is 1.60. The van der Waals surface area contributed by atoms with Crippen LogP contribution in [-0.4, -0.2) is 31.1 Å². The van der Waals surface area contributed by atoms with Gasteiger partial charge in [-0.1, -0.05) is 6.42 Å². The van der Waals surface area contributed by atoms with E-state index in [4.69, 9.17) is 0 Å². The number of nitrogens with zero attached hydrogens (tertiary/aromatic N) is 1. The van der Waals surface area contributed by atoms with Crippen molar-refractivity contribution in [2.75, 3.05) is 31.5 Å². The van der Waals surface area contributed by atoms with Gasteiger partial charge >= 0.3 is 0 Å². The van der Waals surface area contributed by atoms with Crippen LogP contribution in [0.4, 0.5) is 5.69 Å². The van der Waals surface area contributed by atoms with Gasteiger partial charge in [0.25, 0.3) is 0 Å². The first kappa shape index (κ1) is 12.8. The summed E-state index contributed by atoms with van der Waals surface area (Å²) in [5.41, 5.74) is 1.20. The van der Waals surface area contributed by atoms with E-state index in [1.807, 2.05) is 12.1 Å². The Morgan fingerprint density at radius 3 is 2.47 bits per heavy atom. The quantitative estimate of drug-likeness (QED) is 0.616. The number of hydrogen-bond acceptors (Lipinski definition) is 3. The van der Waals surface area contributed by atoms with E-state index in [1.165, 1.54) is 51.0 Å². The summed E-state index contributed by atoms with van der Waals surface area (Å²) < 4.78 is 0. The summed E-state index contributed by atoms with van der Waals surface area (Å²) in [7, 11) is 0. The molecule has 1 aromatic carbocycles. The highest BCUT2D eigenvalue weighted by Crippen LogP contribution is 2.12. The van der Waals surface area contributed by atoms with Crippen LogP contribution in [0.5, 0.6) is 0 Å². The topological polar surface area (TPSA) is 15.3 Å². The molecular weight excluding hydrogens is 228 g/mol. The Kier molecular flexibility index (Phi) is 5.20. The van der Waals surface area contributed by atoms with Gasteiger partial charge in [-0.05, 0) is 63.2 Å². The Morgan fingerprint density at radius 1 is 1.06 bits per heavy atom. The van der Waals surface area contributed by atoms with E-state index in [2.05, 4.69) is 35.0 Å². The smallest absolute Gasteiger partial charge is 0.0340 e. The molecule has 1 aromatic rings. The third-order valence-corrected chi connectivity index (χ3v) is 3.59. The summed E-state index contributed by atoms with van der Waals surface area (Å²) in [5.74, 6) is 0. The highest BCUT2D eigenvalue weighted by molar-refractivity contribution is 7.80. The van der Waals surface area contributed by atoms with Crippen LogP contribution in [0, 0.1) is 0 Å². The van der Waals surface area contributed by atoms with Gasteiger partial charge in [0.1, 0.15) is 0 Å². The summed E-state index contributed by atoms with van der Waals surface area (Å²) in [6.45, 7) is 4.89. The normalized spacial score (nSPS) is 17.0. The minimum atomic E-state index is 1.02. The van der Waals surface area contributed by atoms with Crippen LogP contribution in [0.1, 0.15) is 25.7 Å². The van der Waals surface area contributed by atoms with E-state index in [1.54, 1.807) is 0 Å². The number of hydrogen-bond donors (Lipinski definition) is 2. The van der Waals surface area contributed by atoms with Gasteiger partial charge in [-0.3, -0.25) is 0 Å². The van der Waals surface area contributed by atoms with E-state index in [0.717, 1.165) is 11.4 Å². The maximum atomic E-state index is 4.28. The number of rotatable bonds is 5. The Morgan fingerprint density at radius 2 is 1.76 bits per heavy atom. The number of benzene rings is 1. The molecule has 0 saturated carbocycles. The Labute approximate surface area is 110 Å². The van der Waals surface area contributed by atoms with Crippen molar-refractivity contribution in [1.29, 1.82) is 0 Å². The van der Waals surface area contributed by atoms with E-state index >= 15 is 0 Å². The molecule has 1 aliphatic rings. The van der Waals surface area contributed by atoms with Crippen LogP contribution < -0.4 is 5.32 Å². The number of anilines is 1. The monoisotopic (exact) mass is 250 g/mol. The first-order valence-electron chi connectivity index (χ1n) is 6.60. The van der Waals surface area contributed by atoms with Crippen molar-refractivity contribution in [3.63, 3.8) is 0 Å². The summed E-state index contributed by atoms with van der Waals surface area (Å²) >= 11 is 4.28. The van der Waals surface area contributed by atoms with E-state index in [9.17, 15) is 0 Å². The fraction of sp³-hybridized carbons (Fsp3) is 0.571. The van der Waals surface area contributed by atoms with E-state index in [-0.39, 0.29) is 0 Å². The van der Waals surface area contributed by atoms with Crippen LogP contribution in [0.15, 0.2) is 29.2 Å². The molecule has 94 valence electrons.